The average molecular weight is 440 g/mol. The number of nitrogens with zero attached hydrogens (tertiary/aromatic N) is 5. The van der Waals surface area contributed by atoms with Crippen molar-refractivity contribution in [3.8, 4) is 0 Å². The van der Waals surface area contributed by atoms with E-state index in [1.165, 1.54) is 17.5 Å². The molecule has 5 rings (SSSR count). The van der Waals surface area contributed by atoms with Crippen molar-refractivity contribution in [3.05, 3.63) is 29.8 Å². The Labute approximate surface area is 181 Å². The summed E-state index contributed by atoms with van der Waals surface area (Å²) < 4.78 is 0.843. The molecule has 0 radical (unpaired) electrons. The third-order valence-corrected chi connectivity index (χ3v) is 6.17. The molecule has 0 unspecified atom stereocenters. The van der Waals surface area contributed by atoms with E-state index in [4.69, 9.17) is 10.1 Å². The van der Waals surface area contributed by atoms with Crippen LogP contribution in [0, 0.1) is 0 Å². The van der Waals surface area contributed by atoms with Crippen LogP contribution >= 0.6 is 11.3 Å². The van der Waals surface area contributed by atoms with Gasteiger partial charge in [-0.15, -0.1) is 0 Å². The fraction of sp³-hybridized carbons (Fsp3) is 0.400. The van der Waals surface area contributed by atoms with Crippen molar-refractivity contribution in [2.45, 2.75) is 25.2 Å². The van der Waals surface area contributed by atoms with Gasteiger partial charge in [-0.2, -0.15) is 0 Å². The number of nitrogens with one attached hydrogen (secondary N) is 2. The highest BCUT2D eigenvalue weighted by molar-refractivity contribution is 7.22. The number of aliphatic hydroxyl groups is 1. The van der Waals surface area contributed by atoms with Crippen LogP contribution in [0.15, 0.2) is 18.5 Å². The predicted molar refractivity (Wildman–Crippen MR) is 117 cm³/mol. The Bertz CT molecular complexity index is 1160. The van der Waals surface area contributed by atoms with Crippen LogP contribution in [-0.2, 0) is 4.79 Å². The fourth-order valence-electron chi connectivity index (χ4n) is 3.51. The van der Waals surface area contributed by atoms with E-state index in [1.807, 2.05) is 11.0 Å². The number of fused-ring (bicyclic) bond motifs is 1. The van der Waals surface area contributed by atoms with Crippen LogP contribution in [0.2, 0.25) is 0 Å². The minimum atomic E-state index is -0.369. The number of aliphatic hydroxyl groups excluding tert-OH is 1. The molecule has 4 heterocycles. The normalized spacial score (nSPS) is 16.2. The first-order chi connectivity index (χ1) is 15.1. The Morgan fingerprint density at radius 1 is 1.26 bits per heavy atom. The van der Waals surface area contributed by atoms with E-state index in [2.05, 4.69) is 25.6 Å². The van der Waals surface area contributed by atoms with E-state index in [9.17, 15) is 9.59 Å². The number of Topliss-reactive ketones (excluding diaryl/α,β-unsaturated/α-hetero) is 1. The Hall–Kier alpha value is -3.18. The zero-order valence-electron chi connectivity index (χ0n) is 16.7. The molecule has 11 heteroatoms. The highest BCUT2D eigenvalue weighted by Gasteiger charge is 2.30. The molecule has 0 atom stereocenters. The largest absolute Gasteiger partial charge is 0.395 e. The van der Waals surface area contributed by atoms with Gasteiger partial charge in [0.1, 0.15) is 11.5 Å². The van der Waals surface area contributed by atoms with Gasteiger partial charge in [-0.3, -0.25) is 14.6 Å². The second-order valence-electron chi connectivity index (χ2n) is 7.61. The minimum absolute atomic E-state index is 0.0175. The molecular weight excluding hydrogens is 418 g/mol. The van der Waals surface area contributed by atoms with Crippen molar-refractivity contribution in [2.24, 2.45) is 0 Å². The Balaban J connectivity index is 1.41. The summed E-state index contributed by atoms with van der Waals surface area (Å²) >= 11 is 1.42. The predicted octanol–water partition coefficient (Wildman–Crippen LogP) is 1.79. The fourth-order valence-corrected chi connectivity index (χ4v) is 4.39. The number of anilines is 3. The van der Waals surface area contributed by atoms with Gasteiger partial charge in [0.05, 0.1) is 41.6 Å². The standard InChI is InChI=1S/C20H21N7O3S/c28-6-4-22-20-26-18-15(31-20)7-13(17(25-18)11-1-2-11)24-19(30)14-8-21-9-16(23-14)27-5-3-12(29)10-27/h7-9,11,28H,1-6,10H2,(H,24,30)(H,22,25,26). The van der Waals surface area contributed by atoms with Crippen LogP contribution in [0.1, 0.15) is 41.4 Å². The number of hydrogen-bond donors (Lipinski definition) is 3. The minimum Gasteiger partial charge on any atom is -0.395 e. The lowest BCUT2D eigenvalue weighted by Crippen LogP contribution is -2.23. The molecular formula is C20H21N7O3S. The number of hydrogen-bond acceptors (Lipinski definition) is 10. The van der Waals surface area contributed by atoms with Crippen LogP contribution in [-0.4, -0.2) is 63.0 Å². The molecule has 0 spiro atoms. The van der Waals surface area contributed by atoms with E-state index < -0.39 is 0 Å². The van der Waals surface area contributed by atoms with Crippen LogP contribution in [0.25, 0.3) is 10.3 Å². The summed E-state index contributed by atoms with van der Waals surface area (Å²) in [6.45, 7) is 1.31. The Morgan fingerprint density at radius 2 is 2.13 bits per heavy atom. The lowest BCUT2D eigenvalue weighted by atomic mass is 10.2. The summed E-state index contributed by atoms with van der Waals surface area (Å²) in [4.78, 5) is 44.1. The molecule has 1 aliphatic carbocycles. The molecule has 1 aliphatic heterocycles. The Kier molecular flexibility index (Phi) is 5.20. The first kappa shape index (κ1) is 19.8. The molecule has 3 aromatic rings. The van der Waals surface area contributed by atoms with Crippen molar-refractivity contribution >= 4 is 50.0 Å². The van der Waals surface area contributed by atoms with Gasteiger partial charge in [0, 0.05) is 25.4 Å². The first-order valence-corrected chi connectivity index (χ1v) is 11.0. The van der Waals surface area contributed by atoms with Crippen molar-refractivity contribution < 1.29 is 14.7 Å². The maximum atomic E-state index is 12.9. The van der Waals surface area contributed by atoms with Crippen LogP contribution in [0.4, 0.5) is 16.6 Å². The van der Waals surface area contributed by atoms with E-state index in [0.717, 1.165) is 23.2 Å². The number of ketones is 1. The van der Waals surface area contributed by atoms with E-state index >= 15 is 0 Å². The van der Waals surface area contributed by atoms with Crippen LogP contribution in [0.3, 0.4) is 0 Å². The van der Waals surface area contributed by atoms with E-state index in [0.29, 0.717) is 54.3 Å². The van der Waals surface area contributed by atoms with Crippen LogP contribution < -0.4 is 15.5 Å². The summed E-state index contributed by atoms with van der Waals surface area (Å²) in [5.74, 6) is 0.619. The highest BCUT2D eigenvalue weighted by atomic mass is 32.1. The maximum absolute atomic E-state index is 12.9. The van der Waals surface area contributed by atoms with E-state index in [-0.39, 0.29) is 24.0 Å². The van der Waals surface area contributed by atoms with Gasteiger partial charge in [-0.25, -0.2) is 15.0 Å². The Morgan fingerprint density at radius 3 is 2.87 bits per heavy atom. The molecule has 0 aromatic carbocycles. The molecule has 2 aliphatic rings. The quantitative estimate of drug-likeness (QED) is 0.504. The van der Waals surface area contributed by atoms with Gasteiger partial charge in [0.25, 0.3) is 5.91 Å². The summed E-state index contributed by atoms with van der Waals surface area (Å²) in [6.07, 6.45) is 5.53. The molecule has 31 heavy (non-hydrogen) atoms. The number of aromatic nitrogens is 4. The third-order valence-electron chi connectivity index (χ3n) is 5.22. The molecule has 10 nitrogen and oxygen atoms in total. The van der Waals surface area contributed by atoms with Gasteiger partial charge in [0.15, 0.2) is 16.6 Å². The van der Waals surface area contributed by atoms with Gasteiger partial charge < -0.3 is 20.6 Å². The van der Waals surface area contributed by atoms with Gasteiger partial charge in [-0.05, 0) is 18.9 Å². The zero-order chi connectivity index (χ0) is 21.4. The molecule has 3 aromatic heterocycles. The molecule has 160 valence electrons. The number of carbonyl (C=O) groups is 2. The SMILES string of the molecule is O=C1CCN(c2cncc(C(=O)Nc3cc4sc(NCCO)nc4nc3C3CC3)n2)C1. The van der Waals surface area contributed by atoms with Gasteiger partial charge in [0.2, 0.25) is 0 Å². The summed E-state index contributed by atoms with van der Waals surface area (Å²) in [5.41, 5.74) is 2.30. The molecule has 3 N–H and O–H groups in total. The smallest absolute Gasteiger partial charge is 0.276 e. The third kappa shape index (κ3) is 4.19. The topological polar surface area (TPSA) is 133 Å². The second-order valence-corrected chi connectivity index (χ2v) is 8.64. The average Bonchev–Trinajstić information content (AvgIpc) is 3.40. The lowest BCUT2D eigenvalue weighted by molar-refractivity contribution is -0.116. The zero-order valence-corrected chi connectivity index (χ0v) is 17.5. The number of pyridine rings is 1. The molecule has 1 amide bonds. The molecule has 0 bridgehead atoms. The van der Waals surface area contributed by atoms with Crippen molar-refractivity contribution in [1.82, 2.24) is 19.9 Å². The van der Waals surface area contributed by atoms with Crippen molar-refractivity contribution in [2.75, 3.05) is 41.8 Å². The van der Waals surface area contributed by atoms with Crippen LogP contribution in [0.5, 0.6) is 0 Å². The monoisotopic (exact) mass is 439 g/mol. The number of rotatable bonds is 7. The maximum Gasteiger partial charge on any atom is 0.276 e. The molecule has 1 saturated carbocycles. The summed E-state index contributed by atoms with van der Waals surface area (Å²) in [6, 6.07) is 1.89. The van der Waals surface area contributed by atoms with E-state index in [1.54, 1.807) is 6.20 Å². The summed E-state index contributed by atoms with van der Waals surface area (Å²) in [5, 5.41) is 15.7. The lowest BCUT2D eigenvalue weighted by Gasteiger charge is -2.15. The van der Waals surface area contributed by atoms with Gasteiger partial charge in [-0.1, -0.05) is 11.3 Å². The molecule has 2 fully saturated rings. The second kappa shape index (κ2) is 8.16. The molecule has 1 saturated heterocycles. The van der Waals surface area contributed by atoms with Crippen molar-refractivity contribution in [1.29, 1.82) is 0 Å². The highest BCUT2D eigenvalue weighted by Crippen LogP contribution is 2.44. The first-order valence-electron chi connectivity index (χ1n) is 10.2. The van der Waals surface area contributed by atoms with Crippen molar-refractivity contribution in [3.63, 3.8) is 0 Å². The number of thiazole rings is 1. The van der Waals surface area contributed by atoms with Gasteiger partial charge >= 0.3 is 0 Å². The number of amides is 1. The summed E-state index contributed by atoms with van der Waals surface area (Å²) in [7, 11) is 0. The number of carbonyl (C=O) groups excluding carboxylic acids is 2.